The van der Waals surface area contributed by atoms with Gasteiger partial charge in [-0.3, -0.25) is 0 Å². The van der Waals surface area contributed by atoms with E-state index in [1.54, 1.807) is 29.8 Å². The molecule has 4 nitrogen and oxygen atoms in total. The number of hydrogen-bond donors (Lipinski definition) is 1. The first-order valence-electron chi connectivity index (χ1n) is 6.92. The van der Waals surface area contributed by atoms with Gasteiger partial charge in [0.15, 0.2) is 5.69 Å². The van der Waals surface area contributed by atoms with Gasteiger partial charge in [-0.25, -0.2) is 9.48 Å². The minimum atomic E-state index is -1.09. The van der Waals surface area contributed by atoms with Crippen molar-refractivity contribution in [2.24, 2.45) is 0 Å². The summed E-state index contributed by atoms with van der Waals surface area (Å²) in [6.45, 7) is 1.73. The Morgan fingerprint density at radius 2 is 1.83 bits per heavy atom. The molecular weight excluding hydrogens is 415 g/mol. The van der Waals surface area contributed by atoms with Crippen LogP contribution < -0.4 is 0 Å². The van der Waals surface area contributed by atoms with Crippen molar-refractivity contribution >= 4 is 45.1 Å². The van der Waals surface area contributed by atoms with E-state index < -0.39 is 5.97 Å². The van der Waals surface area contributed by atoms with Crippen molar-refractivity contribution in [3.8, 4) is 16.9 Å². The van der Waals surface area contributed by atoms with Gasteiger partial charge in [0.05, 0.1) is 16.4 Å². The molecule has 0 amide bonds. The molecule has 1 aromatic heterocycles. The van der Waals surface area contributed by atoms with Gasteiger partial charge in [-0.1, -0.05) is 51.3 Å². The third-order valence-corrected chi connectivity index (χ3v) is 4.65. The molecule has 0 atom stereocenters. The molecule has 0 fully saturated rings. The zero-order valence-electron chi connectivity index (χ0n) is 12.4. The molecule has 0 unspecified atom stereocenters. The van der Waals surface area contributed by atoms with Crippen molar-refractivity contribution in [2.45, 2.75) is 6.92 Å². The van der Waals surface area contributed by atoms with E-state index in [-0.39, 0.29) is 5.69 Å². The number of carboxylic acid groups (broad SMARTS) is 1. The number of carbonyl (C=O) groups is 1. The molecule has 24 heavy (non-hydrogen) atoms. The molecule has 3 aromatic rings. The summed E-state index contributed by atoms with van der Waals surface area (Å²) >= 11 is 15.6. The Labute approximate surface area is 156 Å². The number of hydrogen-bond acceptors (Lipinski definition) is 2. The fraction of sp³-hybridized carbons (Fsp3) is 0.0588. The van der Waals surface area contributed by atoms with Crippen LogP contribution in [0.5, 0.6) is 0 Å². The van der Waals surface area contributed by atoms with E-state index in [0.29, 0.717) is 27.0 Å². The van der Waals surface area contributed by atoms with Crippen LogP contribution in [0.4, 0.5) is 0 Å². The average Bonchev–Trinajstić information content (AvgIpc) is 2.86. The first-order chi connectivity index (χ1) is 11.4. The minimum Gasteiger partial charge on any atom is -0.476 e. The summed E-state index contributed by atoms with van der Waals surface area (Å²) in [5.74, 6) is -1.09. The predicted octanol–water partition coefficient (Wildman–Crippen LogP) is 5.62. The lowest BCUT2D eigenvalue weighted by molar-refractivity contribution is 0.0689. The van der Waals surface area contributed by atoms with Gasteiger partial charge in [0.2, 0.25) is 0 Å². The summed E-state index contributed by atoms with van der Waals surface area (Å²) in [6, 6.07) is 12.5. The van der Waals surface area contributed by atoms with Crippen molar-refractivity contribution < 1.29 is 9.90 Å². The molecule has 0 radical (unpaired) electrons. The molecule has 0 aliphatic rings. The minimum absolute atomic E-state index is 0.0149. The smallest absolute Gasteiger partial charge is 0.356 e. The van der Waals surface area contributed by atoms with Crippen LogP contribution in [-0.4, -0.2) is 20.9 Å². The highest BCUT2D eigenvalue weighted by Crippen LogP contribution is 2.33. The van der Waals surface area contributed by atoms with Gasteiger partial charge in [0, 0.05) is 20.6 Å². The van der Waals surface area contributed by atoms with Gasteiger partial charge >= 0.3 is 5.97 Å². The van der Waals surface area contributed by atoms with E-state index in [1.807, 2.05) is 24.3 Å². The highest BCUT2D eigenvalue weighted by molar-refractivity contribution is 9.10. The third-order valence-electron chi connectivity index (χ3n) is 3.58. The summed E-state index contributed by atoms with van der Waals surface area (Å²) in [6.07, 6.45) is 0. The highest BCUT2D eigenvalue weighted by atomic mass is 79.9. The molecule has 0 bridgehead atoms. The van der Waals surface area contributed by atoms with Gasteiger partial charge in [-0.2, -0.15) is 5.10 Å². The predicted molar refractivity (Wildman–Crippen MR) is 98.4 cm³/mol. The normalized spacial score (nSPS) is 10.8. The molecule has 0 aliphatic heterocycles. The second-order valence-corrected chi connectivity index (χ2v) is 6.90. The standard InChI is InChI=1S/C17H11BrCl2N2O2/c1-9-15(17(23)24)21-22(14-7-6-12(19)8-13(14)20)16(9)10-2-4-11(18)5-3-10/h2-8H,1H3,(H,23,24). The van der Waals surface area contributed by atoms with Gasteiger partial charge in [0.1, 0.15) is 0 Å². The van der Waals surface area contributed by atoms with Crippen molar-refractivity contribution in [2.75, 3.05) is 0 Å². The van der Waals surface area contributed by atoms with Gasteiger partial charge in [-0.05, 0) is 37.3 Å². The molecule has 1 N–H and O–H groups in total. The molecule has 0 aliphatic carbocycles. The lowest BCUT2D eigenvalue weighted by atomic mass is 10.1. The second-order valence-electron chi connectivity index (χ2n) is 5.14. The quantitative estimate of drug-likeness (QED) is 0.592. The maximum absolute atomic E-state index is 11.5. The Balaban J connectivity index is 2.30. The number of aromatic carboxylic acids is 1. The number of nitrogens with zero attached hydrogens (tertiary/aromatic N) is 2. The largest absolute Gasteiger partial charge is 0.476 e. The lowest BCUT2D eigenvalue weighted by Crippen LogP contribution is -2.03. The Morgan fingerprint density at radius 3 is 2.42 bits per heavy atom. The fourth-order valence-electron chi connectivity index (χ4n) is 2.47. The van der Waals surface area contributed by atoms with Crippen LogP contribution >= 0.6 is 39.1 Å². The average molecular weight is 426 g/mol. The van der Waals surface area contributed by atoms with Gasteiger partial charge < -0.3 is 5.11 Å². The Bertz CT molecular complexity index is 937. The number of benzene rings is 2. The maximum Gasteiger partial charge on any atom is 0.356 e. The van der Waals surface area contributed by atoms with Crippen LogP contribution in [0.15, 0.2) is 46.9 Å². The van der Waals surface area contributed by atoms with E-state index in [0.717, 1.165) is 10.0 Å². The monoisotopic (exact) mass is 424 g/mol. The van der Waals surface area contributed by atoms with Gasteiger partial charge in [-0.15, -0.1) is 0 Å². The third kappa shape index (κ3) is 3.07. The van der Waals surface area contributed by atoms with Crippen molar-refractivity contribution in [3.63, 3.8) is 0 Å². The SMILES string of the molecule is Cc1c(C(=O)O)nn(-c2ccc(Cl)cc2Cl)c1-c1ccc(Br)cc1. The summed E-state index contributed by atoms with van der Waals surface area (Å²) in [5, 5.41) is 14.5. The first-order valence-corrected chi connectivity index (χ1v) is 8.47. The topological polar surface area (TPSA) is 55.1 Å². The van der Waals surface area contributed by atoms with Crippen molar-refractivity contribution in [1.82, 2.24) is 9.78 Å². The summed E-state index contributed by atoms with van der Waals surface area (Å²) in [7, 11) is 0. The lowest BCUT2D eigenvalue weighted by Gasteiger charge is -2.11. The number of rotatable bonds is 3. The summed E-state index contributed by atoms with van der Waals surface area (Å²) in [4.78, 5) is 11.5. The molecule has 3 rings (SSSR count). The fourth-order valence-corrected chi connectivity index (χ4v) is 3.23. The van der Waals surface area contributed by atoms with Crippen LogP contribution in [0, 0.1) is 6.92 Å². The van der Waals surface area contributed by atoms with Crippen LogP contribution in [0.1, 0.15) is 16.1 Å². The van der Waals surface area contributed by atoms with Crippen LogP contribution in [0.25, 0.3) is 16.9 Å². The number of halogens is 3. The number of aromatic nitrogens is 2. The number of carboxylic acids is 1. The van der Waals surface area contributed by atoms with Crippen molar-refractivity contribution in [3.05, 3.63) is 68.2 Å². The molecular formula is C17H11BrCl2N2O2. The molecule has 0 saturated heterocycles. The van der Waals surface area contributed by atoms with E-state index >= 15 is 0 Å². The molecule has 0 spiro atoms. The summed E-state index contributed by atoms with van der Waals surface area (Å²) < 4.78 is 2.47. The molecule has 7 heteroatoms. The molecule has 1 heterocycles. The van der Waals surface area contributed by atoms with Crippen LogP contribution in [0.3, 0.4) is 0 Å². The first kappa shape index (κ1) is 17.0. The van der Waals surface area contributed by atoms with E-state index in [9.17, 15) is 9.90 Å². The summed E-state index contributed by atoms with van der Waals surface area (Å²) in [5.41, 5.74) is 2.62. The zero-order chi connectivity index (χ0) is 17.4. The highest BCUT2D eigenvalue weighted by Gasteiger charge is 2.22. The van der Waals surface area contributed by atoms with Gasteiger partial charge in [0.25, 0.3) is 0 Å². The maximum atomic E-state index is 11.5. The second kappa shape index (κ2) is 6.59. The van der Waals surface area contributed by atoms with Crippen molar-refractivity contribution in [1.29, 1.82) is 0 Å². The molecule has 2 aromatic carbocycles. The van der Waals surface area contributed by atoms with E-state index in [4.69, 9.17) is 23.2 Å². The van der Waals surface area contributed by atoms with E-state index in [2.05, 4.69) is 21.0 Å². The van der Waals surface area contributed by atoms with Crippen LogP contribution in [0.2, 0.25) is 10.0 Å². The Hall–Kier alpha value is -1.82. The zero-order valence-corrected chi connectivity index (χ0v) is 15.5. The molecule has 0 saturated carbocycles. The Kier molecular flexibility index (Phi) is 4.67. The molecule has 122 valence electrons. The van der Waals surface area contributed by atoms with E-state index in [1.165, 1.54) is 0 Å². The Morgan fingerprint density at radius 1 is 1.17 bits per heavy atom. The van der Waals surface area contributed by atoms with Crippen LogP contribution in [-0.2, 0) is 0 Å².